The van der Waals surface area contributed by atoms with E-state index >= 15 is 0 Å². The lowest BCUT2D eigenvalue weighted by Gasteiger charge is -2.10. The molecule has 0 saturated carbocycles. The van der Waals surface area contributed by atoms with Crippen LogP contribution in [0.3, 0.4) is 0 Å². The molecule has 11 rings (SSSR count). The number of thiophene rings is 1. The number of hydrogen-bond donors (Lipinski definition) is 0. The van der Waals surface area contributed by atoms with Crippen LogP contribution in [0, 0.1) is 34.0 Å². The third-order valence-electron chi connectivity index (χ3n) is 10.4. The van der Waals surface area contributed by atoms with Crippen LogP contribution in [0.25, 0.3) is 97.1 Å². The fourth-order valence-corrected chi connectivity index (χ4v) is 9.29. The summed E-state index contributed by atoms with van der Waals surface area (Å²) in [7, 11) is 0. The van der Waals surface area contributed by atoms with E-state index in [1.807, 2.05) is 54.6 Å². The Morgan fingerprint density at radius 3 is 1.79 bits per heavy atom. The number of fused-ring (bicyclic) bond motifs is 13. The molecule has 0 fully saturated rings. The first-order chi connectivity index (χ1) is 25.6. The third kappa shape index (κ3) is 3.68. The second kappa shape index (κ2) is 10.3. The Hall–Kier alpha value is -7.37. The van der Waals surface area contributed by atoms with E-state index in [0.717, 1.165) is 76.5 Å². The van der Waals surface area contributed by atoms with Gasteiger partial charge in [0, 0.05) is 63.9 Å². The average Bonchev–Trinajstić information content (AvgIpc) is 3.94. The van der Waals surface area contributed by atoms with Gasteiger partial charge in [0.1, 0.15) is 12.1 Å². The van der Waals surface area contributed by atoms with Gasteiger partial charge >= 0.3 is 0 Å². The summed E-state index contributed by atoms with van der Waals surface area (Å²) in [5.41, 5.74) is 8.59. The Labute approximate surface area is 299 Å². The lowest BCUT2D eigenvalue weighted by atomic mass is 10.0. The SMILES string of the molecule is N#Cc1ccc2c(c1)c1ccccc1n2-c1ccc2sc3ccc(-n4c5ccccc5c5c6c(oc7c(C#N)cccc76)c(C#N)cc54)cc3c2c1. The Bertz CT molecular complexity index is 3520. The van der Waals surface area contributed by atoms with Gasteiger partial charge in [0.25, 0.3) is 0 Å². The van der Waals surface area contributed by atoms with Gasteiger partial charge in [-0.15, -0.1) is 11.3 Å². The van der Waals surface area contributed by atoms with Crippen molar-refractivity contribution < 1.29 is 4.42 Å². The molecule has 0 saturated heterocycles. The average molecular weight is 680 g/mol. The molecule has 0 aliphatic rings. The first kappa shape index (κ1) is 28.5. The topological polar surface area (TPSA) is 94.4 Å². The number of nitrogens with zero attached hydrogens (tertiary/aromatic N) is 5. The van der Waals surface area contributed by atoms with Crippen LogP contribution in [-0.4, -0.2) is 9.13 Å². The van der Waals surface area contributed by atoms with Crippen molar-refractivity contribution in [2.45, 2.75) is 0 Å². The van der Waals surface area contributed by atoms with Crippen molar-refractivity contribution in [3.63, 3.8) is 0 Å². The first-order valence-corrected chi connectivity index (χ1v) is 17.6. The van der Waals surface area contributed by atoms with E-state index < -0.39 is 0 Å². The van der Waals surface area contributed by atoms with Crippen molar-refractivity contribution in [1.29, 1.82) is 15.8 Å². The number of aromatic nitrogens is 2. The summed E-state index contributed by atoms with van der Waals surface area (Å²) >= 11 is 1.77. The molecular formula is C45H21N5OS. The van der Waals surface area contributed by atoms with Gasteiger partial charge in [0.05, 0.1) is 44.8 Å². The van der Waals surface area contributed by atoms with E-state index in [-0.39, 0.29) is 0 Å². The standard InChI is InChI=1S/C45H21N5OS/c46-22-25-12-15-38-33(18-25)30-7-1-3-10-36(30)49(38)28-13-16-40-34(20-28)35-21-29(14-17-41(35)52-40)50-37-11-4-2-8-31(37)42-39(50)19-27(24-48)45-43(42)32-9-5-6-26(23-47)44(32)51-45/h1-21H. The van der Waals surface area contributed by atoms with Crippen LogP contribution < -0.4 is 0 Å². The summed E-state index contributed by atoms with van der Waals surface area (Å²) < 4.78 is 13.2. The maximum absolute atomic E-state index is 10.4. The molecule has 0 aliphatic carbocycles. The molecular weight excluding hydrogens is 659 g/mol. The predicted octanol–water partition coefficient (Wildman–Crippen LogP) is 11.8. The molecule has 0 aliphatic heterocycles. The van der Waals surface area contributed by atoms with E-state index in [1.165, 1.54) is 9.40 Å². The molecule has 7 heteroatoms. The van der Waals surface area contributed by atoms with Gasteiger partial charge in [-0.3, -0.25) is 0 Å². The van der Waals surface area contributed by atoms with Crippen LogP contribution in [-0.2, 0) is 0 Å². The van der Waals surface area contributed by atoms with Gasteiger partial charge in [-0.25, -0.2) is 0 Å². The van der Waals surface area contributed by atoms with Crippen LogP contribution in [0.15, 0.2) is 132 Å². The molecule has 238 valence electrons. The summed E-state index contributed by atoms with van der Waals surface area (Å²) in [6.45, 7) is 0. The maximum Gasteiger partial charge on any atom is 0.154 e. The second-order valence-electron chi connectivity index (χ2n) is 13.0. The quantitative estimate of drug-likeness (QED) is 0.182. The van der Waals surface area contributed by atoms with Gasteiger partial charge in [-0.05, 0) is 78.9 Å². The van der Waals surface area contributed by atoms with Crippen LogP contribution in [0.2, 0.25) is 0 Å². The Kier molecular flexibility index (Phi) is 5.65. The van der Waals surface area contributed by atoms with Crippen molar-refractivity contribution in [2.24, 2.45) is 0 Å². The predicted molar refractivity (Wildman–Crippen MR) is 209 cm³/mol. The van der Waals surface area contributed by atoms with Crippen LogP contribution in [0.5, 0.6) is 0 Å². The number of benzene rings is 7. The van der Waals surface area contributed by atoms with E-state index in [9.17, 15) is 15.8 Å². The molecule has 4 aromatic heterocycles. The zero-order valence-corrected chi connectivity index (χ0v) is 28.0. The second-order valence-corrected chi connectivity index (χ2v) is 14.1. The van der Waals surface area contributed by atoms with Crippen LogP contribution in [0.1, 0.15) is 16.7 Å². The molecule has 52 heavy (non-hydrogen) atoms. The summed E-state index contributed by atoms with van der Waals surface area (Å²) in [5.74, 6) is 0. The number of para-hydroxylation sites is 3. The number of rotatable bonds is 2. The summed E-state index contributed by atoms with van der Waals surface area (Å²) in [4.78, 5) is 0. The number of furan rings is 1. The van der Waals surface area contributed by atoms with Crippen LogP contribution >= 0.6 is 11.3 Å². The van der Waals surface area contributed by atoms with Gasteiger partial charge in [-0.2, -0.15) is 15.8 Å². The van der Waals surface area contributed by atoms with Gasteiger partial charge < -0.3 is 13.6 Å². The molecule has 7 aromatic carbocycles. The smallest absolute Gasteiger partial charge is 0.154 e. The van der Waals surface area contributed by atoms with Crippen molar-refractivity contribution >= 4 is 97.1 Å². The minimum Gasteiger partial charge on any atom is -0.453 e. The Morgan fingerprint density at radius 2 is 1.08 bits per heavy atom. The number of nitriles is 3. The van der Waals surface area contributed by atoms with Gasteiger partial charge in [-0.1, -0.05) is 48.5 Å². The highest BCUT2D eigenvalue weighted by atomic mass is 32.1. The lowest BCUT2D eigenvalue weighted by molar-refractivity contribution is 0.666. The molecule has 4 heterocycles. The molecule has 0 N–H and O–H groups in total. The Balaban J connectivity index is 1.19. The summed E-state index contributed by atoms with van der Waals surface area (Å²) in [6.07, 6.45) is 0. The normalized spacial score (nSPS) is 11.8. The van der Waals surface area contributed by atoms with Gasteiger partial charge in [0.15, 0.2) is 11.2 Å². The Morgan fingerprint density at radius 1 is 0.442 bits per heavy atom. The molecule has 0 spiro atoms. The molecule has 11 aromatic rings. The van der Waals surface area contributed by atoms with E-state index in [4.69, 9.17) is 4.42 Å². The highest BCUT2D eigenvalue weighted by Crippen LogP contribution is 2.45. The minimum absolute atomic E-state index is 0.423. The van der Waals surface area contributed by atoms with Crippen molar-refractivity contribution in [1.82, 2.24) is 9.13 Å². The molecule has 0 atom stereocenters. The highest BCUT2D eigenvalue weighted by Gasteiger charge is 2.23. The highest BCUT2D eigenvalue weighted by molar-refractivity contribution is 7.25. The molecule has 6 nitrogen and oxygen atoms in total. The third-order valence-corrected chi connectivity index (χ3v) is 11.5. The minimum atomic E-state index is 0.423. The van der Waals surface area contributed by atoms with Crippen LogP contribution in [0.4, 0.5) is 0 Å². The van der Waals surface area contributed by atoms with Gasteiger partial charge in [0.2, 0.25) is 0 Å². The summed E-state index contributed by atoms with van der Waals surface area (Å²) in [6, 6.07) is 50.2. The van der Waals surface area contributed by atoms with Crippen molar-refractivity contribution in [3.05, 3.63) is 144 Å². The largest absolute Gasteiger partial charge is 0.453 e. The van der Waals surface area contributed by atoms with E-state index in [0.29, 0.717) is 27.9 Å². The molecule has 0 unspecified atom stereocenters. The fraction of sp³-hybridized carbons (Fsp3) is 0. The molecule has 0 radical (unpaired) electrons. The monoisotopic (exact) mass is 679 g/mol. The molecule has 0 bridgehead atoms. The zero-order chi connectivity index (χ0) is 34.7. The number of hydrogen-bond acceptors (Lipinski definition) is 5. The lowest BCUT2D eigenvalue weighted by Crippen LogP contribution is -1.94. The van der Waals surface area contributed by atoms with Crippen molar-refractivity contribution in [3.8, 4) is 29.6 Å². The fourth-order valence-electron chi connectivity index (χ4n) is 8.22. The van der Waals surface area contributed by atoms with E-state index in [1.54, 1.807) is 17.4 Å². The maximum atomic E-state index is 10.4. The molecule has 0 amide bonds. The first-order valence-electron chi connectivity index (χ1n) is 16.8. The zero-order valence-electron chi connectivity index (χ0n) is 27.2. The van der Waals surface area contributed by atoms with Crippen molar-refractivity contribution in [2.75, 3.05) is 0 Å². The van der Waals surface area contributed by atoms with E-state index in [2.05, 4.69) is 94.1 Å². The summed E-state index contributed by atoms with van der Waals surface area (Å²) in [5, 5.41) is 38.0.